The Hall–Kier alpha value is -1.97. The summed E-state index contributed by atoms with van der Waals surface area (Å²) in [6, 6.07) is 10.3. The number of halogens is 1. The van der Waals surface area contributed by atoms with E-state index in [2.05, 4.69) is 28.9 Å². The van der Waals surface area contributed by atoms with Gasteiger partial charge in [0.1, 0.15) is 5.82 Å². The lowest BCUT2D eigenvalue weighted by Crippen LogP contribution is -2.40. The van der Waals surface area contributed by atoms with E-state index < -0.39 is 0 Å². The van der Waals surface area contributed by atoms with Gasteiger partial charge in [0, 0.05) is 18.7 Å². The smallest absolute Gasteiger partial charge is 0.151 e. The van der Waals surface area contributed by atoms with Crippen LogP contribution in [0.5, 0.6) is 0 Å². The van der Waals surface area contributed by atoms with Crippen LogP contribution in [0.3, 0.4) is 0 Å². The lowest BCUT2D eigenvalue weighted by atomic mass is 9.84. The van der Waals surface area contributed by atoms with Crippen molar-refractivity contribution in [1.82, 2.24) is 10.2 Å². The summed E-state index contributed by atoms with van der Waals surface area (Å²) < 4.78 is 12.9. The van der Waals surface area contributed by atoms with Gasteiger partial charge in [0.2, 0.25) is 0 Å². The quantitative estimate of drug-likeness (QED) is 0.837. The summed E-state index contributed by atoms with van der Waals surface area (Å²) in [6.45, 7) is 6.63. The molecule has 1 saturated heterocycles. The van der Waals surface area contributed by atoms with Crippen molar-refractivity contribution >= 4 is 5.82 Å². The van der Waals surface area contributed by atoms with Crippen LogP contribution in [0, 0.1) is 11.2 Å². The Labute approximate surface area is 124 Å². The number of piperidine rings is 1. The summed E-state index contributed by atoms with van der Waals surface area (Å²) in [4.78, 5) is 2.30. The molecule has 2 aromatic rings. The van der Waals surface area contributed by atoms with Crippen molar-refractivity contribution in [2.24, 2.45) is 5.41 Å². The van der Waals surface area contributed by atoms with Crippen LogP contribution in [0.1, 0.15) is 26.7 Å². The summed E-state index contributed by atoms with van der Waals surface area (Å²) >= 11 is 0. The van der Waals surface area contributed by atoms with Gasteiger partial charge in [-0.15, -0.1) is 10.2 Å². The van der Waals surface area contributed by atoms with Crippen LogP contribution in [0.25, 0.3) is 11.3 Å². The van der Waals surface area contributed by atoms with Crippen molar-refractivity contribution < 1.29 is 4.39 Å². The van der Waals surface area contributed by atoms with Gasteiger partial charge in [-0.25, -0.2) is 4.39 Å². The van der Waals surface area contributed by atoms with Crippen molar-refractivity contribution in [1.29, 1.82) is 0 Å². The highest BCUT2D eigenvalue weighted by Gasteiger charge is 2.27. The largest absolute Gasteiger partial charge is 0.355 e. The maximum absolute atomic E-state index is 12.9. The normalized spacial score (nSPS) is 17.8. The van der Waals surface area contributed by atoms with Crippen LogP contribution in [-0.4, -0.2) is 23.3 Å². The summed E-state index contributed by atoms with van der Waals surface area (Å²) in [5.74, 6) is 0.688. The molecular weight excluding hydrogens is 265 g/mol. The molecule has 0 N–H and O–H groups in total. The number of hydrogen-bond donors (Lipinski definition) is 0. The van der Waals surface area contributed by atoms with E-state index in [9.17, 15) is 4.39 Å². The molecule has 0 radical (unpaired) electrons. The molecule has 3 rings (SSSR count). The van der Waals surface area contributed by atoms with E-state index in [1.54, 1.807) is 12.1 Å². The molecule has 3 nitrogen and oxygen atoms in total. The molecule has 1 aromatic carbocycles. The zero-order chi connectivity index (χ0) is 14.9. The van der Waals surface area contributed by atoms with Crippen molar-refractivity contribution in [3.8, 4) is 11.3 Å². The maximum atomic E-state index is 12.9. The second-order valence-electron chi connectivity index (χ2n) is 6.47. The summed E-state index contributed by atoms with van der Waals surface area (Å²) in [5.41, 5.74) is 1.99. The Balaban J connectivity index is 1.79. The van der Waals surface area contributed by atoms with Crippen LogP contribution < -0.4 is 4.90 Å². The summed E-state index contributed by atoms with van der Waals surface area (Å²) in [6.07, 6.45) is 2.44. The molecule has 1 aliphatic heterocycles. The van der Waals surface area contributed by atoms with Gasteiger partial charge in [-0.1, -0.05) is 13.8 Å². The van der Waals surface area contributed by atoms with Gasteiger partial charge in [-0.2, -0.15) is 0 Å². The first-order valence-corrected chi connectivity index (χ1v) is 7.38. The fraction of sp³-hybridized carbons (Fsp3) is 0.412. The number of rotatable bonds is 2. The molecule has 2 heterocycles. The number of aromatic nitrogens is 2. The summed E-state index contributed by atoms with van der Waals surface area (Å²) in [7, 11) is 0. The molecule has 1 aromatic heterocycles. The predicted octanol–water partition coefficient (Wildman–Crippen LogP) is 3.91. The SMILES string of the molecule is CC1(C)CCCN(c2ccc(-c3ccc(F)cc3)nn2)C1. The third-order valence-corrected chi connectivity index (χ3v) is 4.01. The molecule has 0 aliphatic carbocycles. The van der Waals surface area contributed by atoms with Crippen molar-refractivity contribution in [3.05, 3.63) is 42.2 Å². The maximum Gasteiger partial charge on any atom is 0.151 e. The lowest BCUT2D eigenvalue weighted by Gasteiger charge is -2.38. The standard InChI is InChI=1S/C17H20FN3/c1-17(2)10-3-11-21(12-17)16-9-8-15(19-20-16)13-4-6-14(18)7-5-13/h4-9H,3,10-12H2,1-2H3. The van der Waals surface area contributed by atoms with Crippen LogP contribution in [-0.2, 0) is 0 Å². The average molecular weight is 285 g/mol. The second kappa shape index (κ2) is 5.43. The molecule has 0 spiro atoms. The number of anilines is 1. The first kappa shape index (κ1) is 14.0. The lowest BCUT2D eigenvalue weighted by molar-refractivity contribution is 0.292. The van der Waals surface area contributed by atoms with Gasteiger partial charge in [0.05, 0.1) is 5.69 Å². The average Bonchev–Trinajstić information content (AvgIpc) is 2.47. The van der Waals surface area contributed by atoms with Crippen molar-refractivity contribution in [2.45, 2.75) is 26.7 Å². The minimum Gasteiger partial charge on any atom is -0.355 e. The molecular formula is C17H20FN3. The van der Waals surface area contributed by atoms with E-state index in [0.29, 0.717) is 5.41 Å². The minimum atomic E-state index is -0.237. The van der Waals surface area contributed by atoms with Crippen LogP contribution in [0.2, 0.25) is 0 Å². The topological polar surface area (TPSA) is 29.0 Å². The first-order valence-electron chi connectivity index (χ1n) is 7.38. The third-order valence-electron chi connectivity index (χ3n) is 4.01. The zero-order valence-corrected chi connectivity index (χ0v) is 12.5. The predicted molar refractivity (Wildman–Crippen MR) is 82.7 cm³/mol. The molecule has 4 heteroatoms. The Morgan fingerprint density at radius 1 is 1.05 bits per heavy atom. The molecule has 0 atom stereocenters. The molecule has 0 saturated carbocycles. The Morgan fingerprint density at radius 3 is 2.43 bits per heavy atom. The van der Waals surface area contributed by atoms with E-state index in [-0.39, 0.29) is 5.82 Å². The minimum absolute atomic E-state index is 0.237. The van der Waals surface area contributed by atoms with Crippen LogP contribution >= 0.6 is 0 Å². The number of nitrogens with zero attached hydrogens (tertiary/aromatic N) is 3. The van der Waals surface area contributed by atoms with Crippen LogP contribution in [0.15, 0.2) is 36.4 Å². The van der Waals surface area contributed by atoms with Gasteiger partial charge in [0.25, 0.3) is 0 Å². The van der Waals surface area contributed by atoms with Gasteiger partial charge in [-0.3, -0.25) is 0 Å². The van der Waals surface area contributed by atoms with Gasteiger partial charge in [0.15, 0.2) is 5.82 Å². The fourth-order valence-electron chi connectivity index (χ4n) is 2.89. The molecule has 0 unspecified atom stereocenters. The Kier molecular flexibility index (Phi) is 3.62. The first-order chi connectivity index (χ1) is 10.0. The van der Waals surface area contributed by atoms with E-state index in [4.69, 9.17) is 0 Å². The molecule has 110 valence electrons. The third kappa shape index (κ3) is 3.20. The van der Waals surface area contributed by atoms with E-state index >= 15 is 0 Å². The number of hydrogen-bond acceptors (Lipinski definition) is 3. The van der Waals surface area contributed by atoms with Gasteiger partial charge in [-0.05, 0) is 54.7 Å². The Morgan fingerprint density at radius 2 is 1.81 bits per heavy atom. The van der Waals surface area contributed by atoms with Gasteiger partial charge < -0.3 is 4.90 Å². The van der Waals surface area contributed by atoms with Crippen molar-refractivity contribution in [3.63, 3.8) is 0 Å². The molecule has 1 aliphatic rings. The second-order valence-corrected chi connectivity index (χ2v) is 6.47. The fourth-order valence-corrected chi connectivity index (χ4v) is 2.89. The van der Waals surface area contributed by atoms with Crippen LogP contribution in [0.4, 0.5) is 10.2 Å². The van der Waals surface area contributed by atoms with Crippen molar-refractivity contribution in [2.75, 3.05) is 18.0 Å². The van der Waals surface area contributed by atoms with Gasteiger partial charge >= 0.3 is 0 Å². The monoisotopic (exact) mass is 285 g/mol. The molecule has 0 bridgehead atoms. The van der Waals surface area contributed by atoms with E-state index in [1.165, 1.54) is 25.0 Å². The molecule has 1 fully saturated rings. The number of benzene rings is 1. The molecule has 0 amide bonds. The highest BCUT2D eigenvalue weighted by molar-refractivity contribution is 5.59. The Bertz CT molecular complexity index is 605. The summed E-state index contributed by atoms with van der Waals surface area (Å²) in [5, 5.41) is 8.64. The van der Waals surface area contributed by atoms with E-state index in [0.717, 1.165) is 30.2 Å². The molecule has 21 heavy (non-hydrogen) atoms. The zero-order valence-electron chi connectivity index (χ0n) is 12.5. The highest BCUT2D eigenvalue weighted by Crippen LogP contribution is 2.30. The van der Waals surface area contributed by atoms with E-state index in [1.807, 2.05) is 12.1 Å². The highest BCUT2D eigenvalue weighted by atomic mass is 19.1.